The van der Waals surface area contributed by atoms with Gasteiger partial charge in [-0.3, -0.25) is 4.79 Å². The summed E-state index contributed by atoms with van der Waals surface area (Å²) in [5.74, 6) is -0.656. The van der Waals surface area contributed by atoms with Gasteiger partial charge in [0.2, 0.25) is 0 Å². The van der Waals surface area contributed by atoms with E-state index >= 15 is 0 Å². The lowest BCUT2D eigenvalue weighted by Crippen LogP contribution is -2.24. The number of carbonyl (C=O) groups excluding carboxylic acids is 1. The smallest absolute Gasteiger partial charge is 0.280 e. The third-order valence-corrected chi connectivity index (χ3v) is 1.86. The predicted octanol–water partition coefficient (Wildman–Crippen LogP) is 0.166. The molecule has 0 unspecified atom stereocenters. The largest absolute Gasteiger partial charge is 0.378 e. The van der Waals surface area contributed by atoms with E-state index in [2.05, 4.69) is 4.99 Å². The third kappa shape index (κ3) is 2.98. The molecular formula is C10H14N4O. The third-order valence-electron chi connectivity index (χ3n) is 1.86. The van der Waals surface area contributed by atoms with Gasteiger partial charge in [-0.05, 0) is 24.3 Å². The molecule has 5 nitrogen and oxygen atoms in total. The van der Waals surface area contributed by atoms with E-state index < -0.39 is 5.91 Å². The number of hydrogen-bond acceptors (Lipinski definition) is 2. The van der Waals surface area contributed by atoms with Crippen LogP contribution >= 0.6 is 0 Å². The molecule has 0 aromatic heterocycles. The average Bonchev–Trinajstić information content (AvgIpc) is 2.17. The molecule has 15 heavy (non-hydrogen) atoms. The Hall–Kier alpha value is -2.04. The highest BCUT2D eigenvalue weighted by Gasteiger charge is 2.04. The van der Waals surface area contributed by atoms with Crippen molar-refractivity contribution in [2.45, 2.75) is 0 Å². The molecule has 1 rings (SSSR count). The number of benzene rings is 1. The molecule has 5 heteroatoms. The Kier molecular flexibility index (Phi) is 3.28. The monoisotopic (exact) mass is 206 g/mol. The minimum Gasteiger partial charge on any atom is -0.378 e. The molecule has 0 saturated carbocycles. The van der Waals surface area contributed by atoms with Gasteiger partial charge in [-0.1, -0.05) is 0 Å². The second kappa shape index (κ2) is 4.45. The number of anilines is 1. The Morgan fingerprint density at radius 1 is 1.20 bits per heavy atom. The van der Waals surface area contributed by atoms with Crippen LogP contribution in [0.4, 0.5) is 5.69 Å². The molecule has 80 valence electrons. The van der Waals surface area contributed by atoms with Crippen LogP contribution in [-0.2, 0) is 0 Å². The number of nitrogens with zero attached hydrogens (tertiary/aromatic N) is 2. The molecule has 1 amide bonds. The average molecular weight is 206 g/mol. The summed E-state index contributed by atoms with van der Waals surface area (Å²) in [6.45, 7) is 0. The Morgan fingerprint density at radius 3 is 2.13 bits per heavy atom. The first-order valence-corrected chi connectivity index (χ1v) is 4.42. The summed E-state index contributed by atoms with van der Waals surface area (Å²) in [6.07, 6.45) is 0. The van der Waals surface area contributed by atoms with Crippen LogP contribution in [0.15, 0.2) is 29.3 Å². The minimum atomic E-state index is -0.430. The Bertz CT molecular complexity index is 377. The van der Waals surface area contributed by atoms with Gasteiger partial charge in [0.05, 0.1) is 0 Å². The van der Waals surface area contributed by atoms with Crippen LogP contribution in [-0.4, -0.2) is 26.0 Å². The Morgan fingerprint density at radius 2 is 1.73 bits per heavy atom. The molecule has 0 atom stereocenters. The maximum atomic E-state index is 11.4. The minimum absolute atomic E-state index is 0.225. The SMILES string of the molecule is CN(C)c1ccc(C(=O)N=C(N)N)cc1. The summed E-state index contributed by atoms with van der Waals surface area (Å²) in [5.41, 5.74) is 11.7. The van der Waals surface area contributed by atoms with Crippen LogP contribution in [0.25, 0.3) is 0 Å². The van der Waals surface area contributed by atoms with Crippen molar-refractivity contribution in [2.24, 2.45) is 16.5 Å². The van der Waals surface area contributed by atoms with Gasteiger partial charge in [-0.25, -0.2) is 0 Å². The van der Waals surface area contributed by atoms with Crippen LogP contribution in [0.5, 0.6) is 0 Å². The first-order valence-electron chi connectivity index (χ1n) is 4.42. The second-order valence-corrected chi connectivity index (χ2v) is 3.28. The Balaban J connectivity index is 2.90. The zero-order chi connectivity index (χ0) is 11.4. The molecular weight excluding hydrogens is 192 g/mol. The number of aliphatic imine (C=N–C) groups is 1. The molecule has 1 aromatic rings. The van der Waals surface area contributed by atoms with Crippen molar-refractivity contribution in [3.05, 3.63) is 29.8 Å². The highest BCUT2D eigenvalue weighted by atomic mass is 16.1. The van der Waals surface area contributed by atoms with Crippen molar-refractivity contribution in [2.75, 3.05) is 19.0 Å². The molecule has 0 aliphatic heterocycles. The molecule has 4 N–H and O–H groups in total. The van der Waals surface area contributed by atoms with Crippen molar-refractivity contribution >= 4 is 17.6 Å². The molecule has 1 aromatic carbocycles. The second-order valence-electron chi connectivity index (χ2n) is 3.28. The van der Waals surface area contributed by atoms with E-state index in [-0.39, 0.29) is 5.96 Å². The quantitative estimate of drug-likeness (QED) is 0.533. The molecule has 0 saturated heterocycles. The number of nitrogens with two attached hydrogens (primary N) is 2. The van der Waals surface area contributed by atoms with Gasteiger partial charge in [0.1, 0.15) is 0 Å². The lowest BCUT2D eigenvalue weighted by Gasteiger charge is -2.11. The van der Waals surface area contributed by atoms with Crippen LogP contribution in [0.2, 0.25) is 0 Å². The first-order chi connectivity index (χ1) is 7.00. The van der Waals surface area contributed by atoms with E-state index in [1.807, 2.05) is 31.1 Å². The van der Waals surface area contributed by atoms with E-state index in [1.54, 1.807) is 12.1 Å². The maximum absolute atomic E-state index is 11.4. The van der Waals surface area contributed by atoms with Crippen molar-refractivity contribution < 1.29 is 4.79 Å². The summed E-state index contributed by atoms with van der Waals surface area (Å²) >= 11 is 0. The van der Waals surface area contributed by atoms with Crippen molar-refractivity contribution in [1.29, 1.82) is 0 Å². The summed E-state index contributed by atoms with van der Waals surface area (Å²) in [7, 11) is 3.85. The number of hydrogen-bond donors (Lipinski definition) is 2. The van der Waals surface area contributed by atoms with Gasteiger partial charge in [0.25, 0.3) is 5.91 Å². The molecule has 0 aliphatic carbocycles. The lowest BCUT2D eigenvalue weighted by atomic mass is 10.2. The van der Waals surface area contributed by atoms with Gasteiger partial charge in [-0.2, -0.15) is 4.99 Å². The predicted molar refractivity (Wildman–Crippen MR) is 60.9 cm³/mol. The van der Waals surface area contributed by atoms with E-state index in [9.17, 15) is 4.79 Å². The van der Waals surface area contributed by atoms with Gasteiger partial charge < -0.3 is 16.4 Å². The maximum Gasteiger partial charge on any atom is 0.280 e. The number of guanidine groups is 1. The van der Waals surface area contributed by atoms with Gasteiger partial charge >= 0.3 is 0 Å². The fraction of sp³-hybridized carbons (Fsp3) is 0.200. The zero-order valence-electron chi connectivity index (χ0n) is 8.77. The molecule has 0 fully saturated rings. The van der Waals surface area contributed by atoms with Gasteiger partial charge in [0, 0.05) is 25.3 Å². The topological polar surface area (TPSA) is 84.7 Å². The van der Waals surface area contributed by atoms with Crippen molar-refractivity contribution in [3.63, 3.8) is 0 Å². The molecule has 0 bridgehead atoms. The summed E-state index contributed by atoms with van der Waals surface area (Å²) in [6, 6.07) is 7.03. The molecule has 0 radical (unpaired) electrons. The highest BCUT2D eigenvalue weighted by molar-refractivity contribution is 6.02. The molecule has 0 heterocycles. The van der Waals surface area contributed by atoms with Crippen LogP contribution in [0.3, 0.4) is 0 Å². The van der Waals surface area contributed by atoms with Gasteiger partial charge in [0.15, 0.2) is 5.96 Å². The normalized spacial score (nSPS) is 9.47. The molecule has 0 spiro atoms. The lowest BCUT2D eigenvalue weighted by molar-refractivity contribution is 0.100. The summed E-state index contributed by atoms with van der Waals surface area (Å²) in [4.78, 5) is 16.8. The fourth-order valence-electron chi connectivity index (χ4n) is 1.08. The van der Waals surface area contributed by atoms with Crippen molar-refractivity contribution in [1.82, 2.24) is 0 Å². The highest BCUT2D eigenvalue weighted by Crippen LogP contribution is 2.12. The summed E-state index contributed by atoms with van der Waals surface area (Å²) < 4.78 is 0. The Labute approximate surface area is 88.4 Å². The standard InChI is InChI=1S/C10H14N4O/c1-14(2)8-5-3-7(4-6-8)9(15)13-10(11)12/h3-6H,1-2H3,(H4,11,12,13,15). The van der Waals surface area contributed by atoms with Crippen LogP contribution in [0, 0.1) is 0 Å². The van der Waals surface area contributed by atoms with Crippen molar-refractivity contribution in [3.8, 4) is 0 Å². The number of carbonyl (C=O) groups is 1. The van der Waals surface area contributed by atoms with E-state index in [0.29, 0.717) is 5.56 Å². The van der Waals surface area contributed by atoms with E-state index in [0.717, 1.165) is 5.69 Å². The van der Waals surface area contributed by atoms with Gasteiger partial charge in [-0.15, -0.1) is 0 Å². The van der Waals surface area contributed by atoms with E-state index in [1.165, 1.54) is 0 Å². The summed E-state index contributed by atoms with van der Waals surface area (Å²) in [5, 5.41) is 0. The first kappa shape index (κ1) is 11.0. The van der Waals surface area contributed by atoms with E-state index in [4.69, 9.17) is 11.5 Å². The number of amides is 1. The van der Waals surface area contributed by atoms with Crippen LogP contribution < -0.4 is 16.4 Å². The fourth-order valence-corrected chi connectivity index (χ4v) is 1.08. The number of rotatable bonds is 2. The van der Waals surface area contributed by atoms with Crippen LogP contribution in [0.1, 0.15) is 10.4 Å². The molecule has 0 aliphatic rings. The zero-order valence-corrected chi connectivity index (χ0v) is 8.77.